The van der Waals surface area contributed by atoms with Gasteiger partial charge in [0, 0.05) is 37.8 Å². The number of likely N-dealkylation sites (N-methyl/N-ethyl adjacent to an activating group) is 1. The fraction of sp³-hybridized carbons (Fsp3) is 0.462. The number of carbonyl (C=O) groups excluding carboxylic acids is 1. The summed E-state index contributed by atoms with van der Waals surface area (Å²) in [6.45, 7) is 13.3. The molecule has 3 aromatic rings. The highest BCUT2D eigenvalue weighted by Gasteiger charge is 2.27. The number of fused-ring (bicyclic) bond motifs is 1. The van der Waals surface area contributed by atoms with Gasteiger partial charge in [0.2, 0.25) is 0 Å². The van der Waals surface area contributed by atoms with Crippen molar-refractivity contribution < 1.29 is 14.5 Å². The van der Waals surface area contributed by atoms with Crippen molar-refractivity contribution in [2.75, 3.05) is 62.3 Å². The average molecular weight is 512 g/mol. The van der Waals surface area contributed by atoms with E-state index in [2.05, 4.69) is 30.9 Å². The maximum absolute atomic E-state index is 13.8. The SMILES string of the molecule is CCN(CC)CCN(C(=O)c1ccc(N2CCOCC2)c([N+](=O)[O-])c1)c1nc2c(C)cc(C)cc2s1. The molecule has 4 rings (SSSR count). The number of aromatic nitrogens is 1. The van der Waals surface area contributed by atoms with E-state index in [1.807, 2.05) is 18.7 Å². The number of amides is 1. The number of carbonyl (C=O) groups is 1. The first kappa shape index (κ1) is 26.0. The first-order chi connectivity index (χ1) is 17.3. The molecule has 0 radical (unpaired) electrons. The number of aryl methyl sites for hydroxylation is 2. The minimum absolute atomic E-state index is 0.0674. The summed E-state index contributed by atoms with van der Waals surface area (Å²) < 4.78 is 6.41. The molecule has 36 heavy (non-hydrogen) atoms. The third-order valence-corrected chi connectivity index (χ3v) is 7.63. The predicted octanol–water partition coefficient (Wildman–Crippen LogP) is 4.65. The number of hydrogen-bond acceptors (Lipinski definition) is 8. The number of morpholine rings is 1. The second-order valence-electron chi connectivity index (χ2n) is 8.97. The lowest BCUT2D eigenvalue weighted by atomic mass is 10.1. The Morgan fingerprint density at radius 3 is 2.53 bits per heavy atom. The number of nitro groups is 1. The third-order valence-electron chi connectivity index (χ3n) is 6.60. The van der Waals surface area contributed by atoms with E-state index in [4.69, 9.17) is 9.72 Å². The summed E-state index contributed by atoms with van der Waals surface area (Å²) in [4.78, 5) is 36.1. The number of rotatable bonds is 9. The van der Waals surface area contributed by atoms with Crippen LogP contribution in [0.2, 0.25) is 0 Å². The van der Waals surface area contributed by atoms with Crippen LogP contribution in [0.5, 0.6) is 0 Å². The molecule has 2 aromatic carbocycles. The molecule has 0 unspecified atom stereocenters. The zero-order chi connectivity index (χ0) is 25.8. The lowest BCUT2D eigenvalue weighted by molar-refractivity contribution is -0.384. The monoisotopic (exact) mass is 511 g/mol. The summed E-state index contributed by atoms with van der Waals surface area (Å²) >= 11 is 1.48. The van der Waals surface area contributed by atoms with Crippen LogP contribution in [0, 0.1) is 24.0 Å². The molecule has 1 aliphatic rings. The van der Waals surface area contributed by atoms with Gasteiger partial charge in [-0.2, -0.15) is 0 Å². The zero-order valence-electron chi connectivity index (χ0n) is 21.3. The van der Waals surface area contributed by atoms with Crippen molar-refractivity contribution in [3.8, 4) is 0 Å². The summed E-state index contributed by atoms with van der Waals surface area (Å²) in [6.07, 6.45) is 0. The van der Waals surface area contributed by atoms with Crippen molar-refractivity contribution >= 4 is 44.0 Å². The van der Waals surface area contributed by atoms with E-state index >= 15 is 0 Å². The Labute approximate surface area is 215 Å². The highest BCUT2D eigenvalue weighted by atomic mass is 32.1. The Balaban J connectivity index is 1.72. The van der Waals surface area contributed by atoms with Crippen molar-refractivity contribution in [1.29, 1.82) is 0 Å². The van der Waals surface area contributed by atoms with Crippen LogP contribution in [0.1, 0.15) is 35.3 Å². The number of nitro benzene ring substituents is 1. The van der Waals surface area contributed by atoms with E-state index in [0.29, 0.717) is 50.2 Å². The first-order valence-corrected chi connectivity index (χ1v) is 13.2. The lowest BCUT2D eigenvalue weighted by Gasteiger charge is -2.29. The van der Waals surface area contributed by atoms with E-state index in [1.54, 1.807) is 17.0 Å². The highest BCUT2D eigenvalue weighted by Crippen LogP contribution is 2.34. The Morgan fingerprint density at radius 1 is 1.14 bits per heavy atom. The van der Waals surface area contributed by atoms with E-state index in [1.165, 1.54) is 17.4 Å². The third kappa shape index (κ3) is 5.50. The van der Waals surface area contributed by atoms with Gasteiger partial charge in [0.05, 0.1) is 28.4 Å². The molecular weight excluding hydrogens is 478 g/mol. The minimum Gasteiger partial charge on any atom is -0.378 e. The normalized spacial score (nSPS) is 14.0. The van der Waals surface area contributed by atoms with Crippen LogP contribution >= 0.6 is 11.3 Å². The molecule has 0 N–H and O–H groups in total. The van der Waals surface area contributed by atoms with Gasteiger partial charge < -0.3 is 14.5 Å². The van der Waals surface area contributed by atoms with Crippen molar-refractivity contribution in [2.45, 2.75) is 27.7 Å². The Hall–Kier alpha value is -3.08. The minimum atomic E-state index is -0.411. The van der Waals surface area contributed by atoms with Gasteiger partial charge in [-0.1, -0.05) is 31.3 Å². The Kier molecular flexibility index (Phi) is 8.17. The van der Waals surface area contributed by atoms with Crippen LogP contribution in [0.15, 0.2) is 30.3 Å². The molecule has 2 heterocycles. The van der Waals surface area contributed by atoms with Crippen molar-refractivity contribution in [2.24, 2.45) is 0 Å². The number of ether oxygens (including phenoxy) is 1. The Bertz CT molecular complexity index is 1250. The lowest BCUT2D eigenvalue weighted by Crippen LogP contribution is -2.39. The number of thiazole rings is 1. The summed E-state index contributed by atoms with van der Waals surface area (Å²) in [7, 11) is 0. The molecule has 9 nitrogen and oxygen atoms in total. The summed E-state index contributed by atoms with van der Waals surface area (Å²) in [6, 6.07) is 8.94. The molecule has 1 saturated heterocycles. The fourth-order valence-corrected chi connectivity index (χ4v) is 5.74. The van der Waals surface area contributed by atoms with Crippen LogP contribution in [0.25, 0.3) is 10.2 Å². The van der Waals surface area contributed by atoms with Crippen LogP contribution in [-0.4, -0.2) is 73.2 Å². The van der Waals surface area contributed by atoms with Gasteiger partial charge in [0.15, 0.2) is 5.13 Å². The van der Waals surface area contributed by atoms with Crippen LogP contribution in [0.3, 0.4) is 0 Å². The molecule has 0 bridgehead atoms. The standard InChI is InChI=1S/C26H33N5O4S/c1-5-28(6-2)9-10-30(26-27-24-19(4)15-18(3)16-23(24)36-26)25(32)20-7-8-21(22(17-20)31(33)34)29-11-13-35-14-12-29/h7-8,15-17H,5-6,9-14H2,1-4H3. The highest BCUT2D eigenvalue weighted by molar-refractivity contribution is 7.22. The van der Waals surface area contributed by atoms with Gasteiger partial charge >= 0.3 is 0 Å². The van der Waals surface area contributed by atoms with E-state index < -0.39 is 4.92 Å². The van der Waals surface area contributed by atoms with E-state index in [0.717, 1.165) is 34.4 Å². The van der Waals surface area contributed by atoms with Crippen molar-refractivity contribution in [3.05, 3.63) is 57.1 Å². The van der Waals surface area contributed by atoms with Gasteiger partial charge in [-0.05, 0) is 56.3 Å². The quantitative estimate of drug-likeness (QED) is 0.305. The van der Waals surface area contributed by atoms with Crippen LogP contribution in [0.4, 0.5) is 16.5 Å². The van der Waals surface area contributed by atoms with Gasteiger partial charge in [-0.15, -0.1) is 0 Å². The summed E-state index contributed by atoms with van der Waals surface area (Å²) in [5, 5.41) is 12.6. The molecule has 192 valence electrons. The predicted molar refractivity (Wildman–Crippen MR) is 145 cm³/mol. The molecule has 0 spiro atoms. The molecule has 1 aromatic heterocycles. The van der Waals surface area contributed by atoms with Gasteiger partial charge in [0.1, 0.15) is 5.69 Å². The maximum Gasteiger partial charge on any atom is 0.293 e. The number of anilines is 2. The maximum atomic E-state index is 13.8. The fourth-order valence-electron chi connectivity index (χ4n) is 4.57. The molecule has 1 fully saturated rings. The molecule has 1 amide bonds. The van der Waals surface area contributed by atoms with Crippen molar-refractivity contribution in [1.82, 2.24) is 9.88 Å². The smallest absolute Gasteiger partial charge is 0.293 e. The largest absolute Gasteiger partial charge is 0.378 e. The second kappa shape index (κ2) is 11.3. The topological polar surface area (TPSA) is 92.0 Å². The number of hydrogen-bond donors (Lipinski definition) is 0. The second-order valence-corrected chi connectivity index (χ2v) is 9.98. The molecule has 10 heteroatoms. The number of benzene rings is 2. The van der Waals surface area contributed by atoms with Gasteiger partial charge in [0.25, 0.3) is 11.6 Å². The van der Waals surface area contributed by atoms with E-state index in [9.17, 15) is 14.9 Å². The molecule has 0 saturated carbocycles. The van der Waals surface area contributed by atoms with Gasteiger partial charge in [-0.3, -0.25) is 19.8 Å². The molecule has 0 atom stereocenters. The summed E-state index contributed by atoms with van der Waals surface area (Å²) in [5.74, 6) is -0.285. The van der Waals surface area contributed by atoms with Gasteiger partial charge in [-0.25, -0.2) is 4.98 Å². The van der Waals surface area contributed by atoms with E-state index in [-0.39, 0.29) is 17.2 Å². The Morgan fingerprint density at radius 2 is 1.86 bits per heavy atom. The first-order valence-electron chi connectivity index (χ1n) is 12.4. The molecule has 1 aliphatic heterocycles. The molecule has 0 aliphatic carbocycles. The van der Waals surface area contributed by atoms with Crippen LogP contribution < -0.4 is 9.80 Å². The number of nitrogens with zero attached hydrogens (tertiary/aromatic N) is 5. The van der Waals surface area contributed by atoms with Crippen molar-refractivity contribution in [3.63, 3.8) is 0 Å². The molecular formula is C26H33N5O4S. The zero-order valence-corrected chi connectivity index (χ0v) is 22.1. The summed E-state index contributed by atoms with van der Waals surface area (Å²) in [5.41, 5.74) is 3.82. The average Bonchev–Trinajstić information content (AvgIpc) is 3.30. The van der Waals surface area contributed by atoms with Crippen LogP contribution in [-0.2, 0) is 4.74 Å².